The number of carbonyl (C=O) groups is 2. The Labute approximate surface area is 201 Å². The number of hydrogen-bond donors (Lipinski definition) is 1. The van der Waals surface area contributed by atoms with E-state index in [2.05, 4.69) is 5.32 Å². The van der Waals surface area contributed by atoms with E-state index in [9.17, 15) is 9.59 Å². The van der Waals surface area contributed by atoms with E-state index in [4.69, 9.17) is 0 Å². The van der Waals surface area contributed by atoms with Crippen LogP contribution in [0.5, 0.6) is 0 Å². The van der Waals surface area contributed by atoms with Gasteiger partial charge >= 0.3 is 0 Å². The van der Waals surface area contributed by atoms with Crippen molar-refractivity contribution in [2.45, 2.75) is 44.2 Å². The fraction of sp³-hybridized carbons (Fsp3) is 0.286. The zero-order chi connectivity index (χ0) is 23.5. The number of hydrogen-bond acceptors (Lipinski definition) is 3. The first-order chi connectivity index (χ1) is 16.1. The predicted molar refractivity (Wildman–Crippen MR) is 136 cm³/mol. The SMILES string of the molecule is CCCNC(=O)[C@@H](Cc1ccccc1)N(Cc1ccccc1)C(=O)CSc1ccc(C)cc1. The number of carbonyl (C=O) groups excluding carboxylic acids is 2. The van der Waals surface area contributed by atoms with Crippen LogP contribution in [0, 0.1) is 6.92 Å². The molecule has 5 heteroatoms. The lowest BCUT2D eigenvalue weighted by atomic mass is 10.0. The molecular weight excluding hydrogens is 428 g/mol. The summed E-state index contributed by atoms with van der Waals surface area (Å²) in [5.41, 5.74) is 3.23. The topological polar surface area (TPSA) is 49.4 Å². The third-order valence-electron chi connectivity index (χ3n) is 5.40. The molecule has 2 amide bonds. The maximum atomic E-state index is 13.5. The second-order valence-electron chi connectivity index (χ2n) is 8.11. The lowest BCUT2D eigenvalue weighted by molar-refractivity contribution is -0.139. The third kappa shape index (κ3) is 7.79. The van der Waals surface area contributed by atoms with Gasteiger partial charge in [0, 0.05) is 24.4 Å². The quantitative estimate of drug-likeness (QED) is 0.398. The van der Waals surface area contributed by atoms with Crippen LogP contribution in [0.15, 0.2) is 89.8 Å². The molecule has 1 N–H and O–H groups in total. The smallest absolute Gasteiger partial charge is 0.243 e. The monoisotopic (exact) mass is 460 g/mol. The van der Waals surface area contributed by atoms with Crippen LogP contribution < -0.4 is 5.32 Å². The number of nitrogens with one attached hydrogen (secondary N) is 1. The average molecular weight is 461 g/mol. The molecule has 33 heavy (non-hydrogen) atoms. The summed E-state index contributed by atoms with van der Waals surface area (Å²) < 4.78 is 0. The number of thioether (sulfide) groups is 1. The molecule has 0 fully saturated rings. The second-order valence-corrected chi connectivity index (χ2v) is 9.15. The van der Waals surface area contributed by atoms with Gasteiger partial charge in [0.2, 0.25) is 11.8 Å². The van der Waals surface area contributed by atoms with Gasteiger partial charge in [-0.15, -0.1) is 11.8 Å². The van der Waals surface area contributed by atoms with Crippen molar-refractivity contribution in [3.8, 4) is 0 Å². The molecule has 0 heterocycles. The standard InChI is InChI=1S/C28H32N2O2S/c1-3-18-29-28(32)26(19-23-10-6-4-7-11-23)30(20-24-12-8-5-9-13-24)27(31)21-33-25-16-14-22(2)15-17-25/h4-17,26H,3,18-21H2,1-2H3,(H,29,32)/t26-/m1/s1. The molecule has 0 saturated carbocycles. The summed E-state index contributed by atoms with van der Waals surface area (Å²) in [5.74, 6) is 0.129. The zero-order valence-corrected chi connectivity index (χ0v) is 20.2. The highest BCUT2D eigenvalue weighted by Gasteiger charge is 2.30. The fourth-order valence-electron chi connectivity index (χ4n) is 3.56. The van der Waals surface area contributed by atoms with E-state index in [0.29, 0.717) is 19.5 Å². The summed E-state index contributed by atoms with van der Waals surface area (Å²) >= 11 is 1.51. The molecule has 0 aliphatic heterocycles. The maximum Gasteiger partial charge on any atom is 0.243 e. The Morgan fingerprint density at radius 3 is 2.09 bits per heavy atom. The molecule has 0 saturated heterocycles. The van der Waals surface area contributed by atoms with E-state index < -0.39 is 6.04 Å². The van der Waals surface area contributed by atoms with Crippen LogP contribution in [0.25, 0.3) is 0 Å². The summed E-state index contributed by atoms with van der Waals surface area (Å²) in [4.78, 5) is 29.6. The Kier molecular flexibility index (Phi) is 9.58. The van der Waals surface area contributed by atoms with Crippen molar-refractivity contribution in [3.63, 3.8) is 0 Å². The lowest BCUT2D eigenvalue weighted by Crippen LogP contribution is -2.51. The van der Waals surface area contributed by atoms with Gasteiger partial charge in [0.1, 0.15) is 6.04 Å². The normalized spacial score (nSPS) is 11.6. The summed E-state index contributed by atoms with van der Waals surface area (Å²) in [6, 6.07) is 27.4. The number of aryl methyl sites for hydroxylation is 1. The summed E-state index contributed by atoms with van der Waals surface area (Å²) in [6.45, 7) is 5.06. The van der Waals surface area contributed by atoms with E-state index in [0.717, 1.165) is 22.4 Å². The zero-order valence-electron chi connectivity index (χ0n) is 19.4. The van der Waals surface area contributed by atoms with Crippen molar-refractivity contribution < 1.29 is 9.59 Å². The van der Waals surface area contributed by atoms with Gasteiger partial charge in [0.25, 0.3) is 0 Å². The van der Waals surface area contributed by atoms with Crippen LogP contribution in [-0.4, -0.2) is 35.1 Å². The minimum atomic E-state index is -0.578. The number of amides is 2. The summed E-state index contributed by atoms with van der Waals surface area (Å²) in [5, 5.41) is 3.01. The molecule has 0 aliphatic rings. The molecule has 0 aliphatic carbocycles. The van der Waals surface area contributed by atoms with E-state index in [1.807, 2.05) is 98.8 Å². The average Bonchev–Trinajstić information content (AvgIpc) is 2.85. The van der Waals surface area contributed by atoms with E-state index in [-0.39, 0.29) is 17.6 Å². The highest BCUT2D eigenvalue weighted by molar-refractivity contribution is 8.00. The summed E-state index contributed by atoms with van der Waals surface area (Å²) in [6.07, 6.45) is 1.32. The molecule has 0 radical (unpaired) electrons. The second kappa shape index (κ2) is 12.9. The van der Waals surface area contributed by atoms with E-state index in [1.165, 1.54) is 17.3 Å². The van der Waals surface area contributed by atoms with Crippen LogP contribution in [0.3, 0.4) is 0 Å². The molecule has 3 aromatic rings. The molecule has 0 spiro atoms. The Morgan fingerprint density at radius 1 is 0.879 bits per heavy atom. The van der Waals surface area contributed by atoms with Crippen LogP contribution in [-0.2, 0) is 22.6 Å². The van der Waals surface area contributed by atoms with Crippen LogP contribution >= 0.6 is 11.8 Å². The van der Waals surface area contributed by atoms with Gasteiger partial charge in [-0.25, -0.2) is 0 Å². The molecule has 1 atom stereocenters. The Balaban J connectivity index is 1.85. The fourth-order valence-corrected chi connectivity index (χ4v) is 4.35. The van der Waals surface area contributed by atoms with Gasteiger partial charge in [0.05, 0.1) is 5.75 Å². The van der Waals surface area contributed by atoms with Crippen LogP contribution in [0.2, 0.25) is 0 Å². The highest BCUT2D eigenvalue weighted by Crippen LogP contribution is 2.21. The van der Waals surface area contributed by atoms with Gasteiger partial charge in [-0.05, 0) is 36.6 Å². The van der Waals surface area contributed by atoms with Crippen LogP contribution in [0.1, 0.15) is 30.0 Å². The largest absolute Gasteiger partial charge is 0.354 e. The minimum absolute atomic E-state index is 0.0444. The van der Waals surface area contributed by atoms with Crippen molar-refractivity contribution >= 4 is 23.6 Å². The van der Waals surface area contributed by atoms with Gasteiger partial charge < -0.3 is 10.2 Å². The molecule has 0 bridgehead atoms. The Bertz CT molecular complexity index is 1010. The van der Waals surface area contributed by atoms with E-state index in [1.54, 1.807) is 4.90 Å². The Morgan fingerprint density at radius 2 is 1.48 bits per heavy atom. The van der Waals surface area contributed by atoms with Crippen LogP contribution in [0.4, 0.5) is 0 Å². The molecule has 0 unspecified atom stereocenters. The number of nitrogens with zero attached hydrogens (tertiary/aromatic N) is 1. The van der Waals surface area contributed by atoms with E-state index >= 15 is 0 Å². The van der Waals surface area contributed by atoms with Crippen molar-refractivity contribution in [2.75, 3.05) is 12.3 Å². The maximum absolute atomic E-state index is 13.5. The molecular formula is C28H32N2O2S. The molecule has 3 rings (SSSR count). The molecule has 3 aromatic carbocycles. The first-order valence-corrected chi connectivity index (χ1v) is 12.4. The minimum Gasteiger partial charge on any atom is -0.354 e. The number of benzene rings is 3. The first kappa shape index (κ1) is 24.6. The lowest BCUT2D eigenvalue weighted by Gasteiger charge is -2.31. The van der Waals surface area contributed by atoms with Gasteiger partial charge in [-0.2, -0.15) is 0 Å². The van der Waals surface area contributed by atoms with Crippen molar-refractivity contribution in [1.82, 2.24) is 10.2 Å². The molecule has 0 aromatic heterocycles. The first-order valence-electron chi connectivity index (χ1n) is 11.4. The molecule has 172 valence electrons. The molecule has 4 nitrogen and oxygen atoms in total. The van der Waals surface area contributed by atoms with Crippen molar-refractivity contribution in [3.05, 3.63) is 102 Å². The third-order valence-corrected chi connectivity index (χ3v) is 6.40. The van der Waals surface area contributed by atoms with Gasteiger partial charge in [-0.3, -0.25) is 9.59 Å². The van der Waals surface area contributed by atoms with Gasteiger partial charge in [-0.1, -0.05) is 85.3 Å². The highest BCUT2D eigenvalue weighted by atomic mass is 32.2. The Hall–Kier alpha value is -3.05. The predicted octanol–water partition coefficient (Wildman–Crippen LogP) is 5.25. The number of rotatable bonds is 11. The van der Waals surface area contributed by atoms with Crippen molar-refractivity contribution in [1.29, 1.82) is 0 Å². The van der Waals surface area contributed by atoms with Crippen molar-refractivity contribution in [2.24, 2.45) is 0 Å². The van der Waals surface area contributed by atoms with Gasteiger partial charge in [0.15, 0.2) is 0 Å². The summed E-state index contributed by atoms with van der Waals surface area (Å²) in [7, 11) is 0.